The van der Waals surface area contributed by atoms with Crippen LogP contribution in [0.5, 0.6) is 0 Å². The van der Waals surface area contributed by atoms with Crippen molar-refractivity contribution >= 4 is 11.6 Å². The highest BCUT2D eigenvalue weighted by molar-refractivity contribution is 5.90. The van der Waals surface area contributed by atoms with Gasteiger partial charge in [-0.3, -0.25) is 9.69 Å². The molecule has 0 unspecified atom stereocenters. The van der Waals surface area contributed by atoms with E-state index in [1.165, 1.54) is 0 Å². The van der Waals surface area contributed by atoms with Crippen LogP contribution in [0.25, 0.3) is 5.65 Å². The number of hydrogen-bond acceptors (Lipinski definition) is 6. The summed E-state index contributed by atoms with van der Waals surface area (Å²) in [5, 5.41) is 6.76. The van der Waals surface area contributed by atoms with Gasteiger partial charge in [-0.25, -0.2) is 4.98 Å². The molecule has 134 valence electrons. The number of carbonyl (C=O) groups excluding carboxylic acids is 1. The van der Waals surface area contributed by atoms with Crippen LogP contribution in [-0.2, 0) is 6.54 Å². The van der Waals surface area contributed by atoms with E-state index in [0.717, 1.165) is 50.1 Å². The summed E-state index contributed by atoms with van der Waals surface area (Å²) >= 11 is 0. The number of pyridine rings is 1. The number of aromatic nitrogens is 4. The number of imidazole rings is 1. The van der Waals surface area contributed by atoms with Gasteiger partial charge in [-0.1, -0.05) is 11.2 Å². The Labute approximate surface area is 150 Å². The lowest BCUT2D eigenvalue weighted by molar-refractivity contribution is 0.0937. The molecule has 2 fully saturated rings. The summed E-state index contributed by atoms with van der Waals surface area (Å²) in [4.78, 5) is 23.4. The second-order valence-electron chi connectivity index (χ2n) is 7.03. The lowest BCUT2D eigenvalue weighted by Gasteiger charge is -2.19. The van der Waals surface area contributed by atoms with Crippen LogP contribution in [0.1, 0.15) is 53.9 Å². The van der Waals surface area contributed by atoms with E-state index in [-0.39, 0.29) is 23.8 Å². The third kappa shape index (κ3) is 2.96. The van der Waals surface area contributed by atoms with Crippen molar-refractivity contribution < 1.29 is 9.32 Å². The number of likely N-dealkylation sites (tertiary alicyclic amines) is 1. The van der Waals surface area contributed by atoms with E-state index in [1.54, 1.807) is 0 Å². The topological polar surface area (TPSA) is 88.6 Å². The average molecular weight is 352 g/mol. The third-order valence-corrected chi connectivity index (χ3v) is 4.99. The molecule has 1 aliphatic heterocycles. The molecule has 0 aromatic carbocycles. The van der Waals surface area contributed by atoms with Crippen LogP contribution >= 0.6 is 0 Å². The monoisotopic (exact) mass is 352 g/mol. The summed E-state index contributed by atoms with van der Waals surface area (Å²) in [6.07, 6.45) is 8.12. The molecule has 8 nitrogen and oxygen atoms in total. The van der Waals surface area contributed by atoms with E-state index >= 15 is 0 Å². The summed E-state index contributed by atoms with van der Waals surface area (Å²) < 4.78 is 7.43. The molecule has 8 heteroatoms. The molecule has 5 rings (SSSR count). The molecule has 26 heavy (non-hydrogen) atoms. The van der Waals surface area contributed by atoms with E-state index in [9.17, 15) is 4.79 Å². The van der Waals surface area contributed by atoms with Crippen molar-refractivity contribution in [3.63, 3.8) is 0 Å². The van der Waals surface area contributed by atoms with Crippen LogP contribution in [-0.4, -0.2) is 42.9 Å². The Morgan fingerprint density at radius 3 is 3.04 bits per heavy atom. The van der Waals surface area contributed by atoms with Gasteiger partial charge in [-0.05, 0) is 44.4 Å². The number of carbonyl (C=O) groups is 1. The van der Waals surface area contributed by atoms with Crippen LogP contribution in [0.3, 0.4) is 0 Å². The summed E-state index contributed by atoms with van der Waals surface area (Å²) in [6.45, 7) is 1.67. The maximum absolute atomic E-state index is 12.1. The quantitative estimate of drug-likeness (QED) is 0.755. The van der Waals surface area contributed by atoms with Crippen LogP contribution in [0, 0.1) is 0 Å². The Morgan fingerprint density at radius 1 is 1.27 bits per heavy atom. The number of nitrogens with zero attached hydrogens (tertiary/aromatic N) is 5. The second-order valence-corrected chi connectivity index (χ2v) is 7.03. The van der Waals surface area contributed by atoms with E-state index in [1.807, 2.05) is 35.0 Å². The number of hydrogen-bond donors (Lipinski definition) is 1. The highest BCUT2D eigenvalue weighted by Gasteiger charge is 2.33. The summed E-state index contributed by atoms with van der Waals surface area (Å²) in [5.41, 5.74) is 1.95. The van der Waals surface area contributed by atoms with Crippen molar-refractivity contribution in [2.45, 2.75) is 44.3 Å². The van der Waals surface area contributed by atoms with E-state index < -0.39 is 0 Å². The molecule has 1 saturated carbocycles. The van der Waals surface area contributed by atoms with Crippen LogP contribution in [0.2, 0.25) is 0 Å². The zero-order valence-electron chi connectivity index (χ0n) is 14.3. The molecule has 0 radical (unpaired) electrons. The van der Waals surface area contributed by atoms with Crippen LogP contribution < -0.4 is 5.32 Å². The molecule has 4 heterocycles. The molecule has 1 saturated heterocycles. The van der Waals surface area contributed by atoms with E-state index in [2.05, 4.69) is 25.3 Å². The van der Waals surface area contributed by atoms with Gasteiger partial charge in [0.05, 0.1) is 11.7 Å². The zero-order valence-corrected chi connectivity index (χ0v) is 14.3. The Morgan fingerprint density at radius 2 is 2.19 bits per heavy atom. The SMILES string of the molecule is O=C(NC1CC1)c1noc([C@H]2CCCN2Cc2cn3ccccc3n2)n1. The van der Waals surface area contributed by atoms with Crippen LogP contribution in [0.4, 0.5) is 0 Å². The number of nitrogens with one attached hydrogen (secondary N) is 1. The highest BCUT2D eigenvalue weighted by Crippen LogP contribution is 2.32. The van der Waals surface area contributed by atoms with Gasteiger partial charge in [0.25, 0.3) is 11.7 Å². The van der Waals surface area contributed by atoms with Crippen LogP contribution in [0.15, 0.2) is 35.1 Å². The number of rotatable bonds is 5. The minimum atomic E-state index is -0.243. The predicted octanol–water partition coefficient (Wildman–Crippen LogP) is 1.95. The summed E-state index contributed by atoms with van der Waals surface area (Å²) in [5.74, 6) is 0.408. The maximum atomic E-state index is 12.1. The van der Waals surface area contributed by atoms with Gasteiger partial charge in [0.2, 0.25) is 5.89 Å². The third-order valence-electron chi connectivity index (χ3n) is 4.99. The van der Waals surface area contributed by atoms with Gasteiger partial charge < -0.3 is 14.2 Å². The molecular weight excluding hydrogens is 332 g/mol. The molecule has 3 aromatic rings. The van der Waals surface area contributed by atoms with Crippen molar-refractivity contribution in [2.75, 3.05) is 6.54 Å². The largest absolute Gasteiger partial charge is 0.346 e. The van der Waals surface area contributed by atoms with Gasteiger partial charge in [0.15, 0.2) is 0 Å². The predicted molar refractivity (Wildman–Crippen MR) is 92.4 cm³/mol. The van der Waals surface area contributed by atoms with Gasteiger partial charge in [0, 0.05) is 25.0 Å². The van der Waals surface area contributed by atoms with Crippen molar-refractivity contribution in [3.05, 3.63) is 48.0 Å². The van der Waals surface area contributed by atoms with Crippen molar-refractivity contribution in [2.24, 2.45) is 0 Å². The minimum Gasteiger partial charge on any atom is -0.346 e. The van der Waals surface area contributed by atoms with E-state index in [4.69, 9.17) is 4.52 Å². The Bertz CT molecular complexity index is 911. The van der Waals surface area contributed by atoms with Gasteiger partial charge in [-0.2, -0.15) is 4.98 Å². The van der Waals surface area contributed by atoms with Gasteiger partial charge in [0.1, 0.15) is 5.65 Å². The normalized spacial score (nSPS) is 20.7. The smallest absolute Gasteiger partial charge is 0.292 e. The maximum Gasteiger partial charge on any atom is 0.292 e. The average Bonchev–Trinajstić information content (AvgIpc) is 3.06. The zero-order chi connectivity index (χ0) is 17.5. The fourth-order valence-electron chi connectivity index (χ4n) is 3.51. The fourth-order valence-corrected chi connectivity index (χ4v) is 3.51. The molecular formula is C18H20N6O2. The molecule has 1 atom stereocenters. The van der Waals surface area contributed by atoms with E-state index in [0.29, 0.717) is 5.89 Å². The number of amides is 1. The minimum absolute atomic E-state index is 0.0368. The standard InChI is InChI=1S/C18H20N6O2/c25-17(20-12-6-7-12)16-21-18(26-22-16)14-4-3-9-23(14)10-13-11-24-8-2-1-5-15(24)19-13/h1-2,5,8,11-12,14H,3-4,6-7,9-10H2,(H,20,25)/t14-/m1/s1. The lowest BCUT2D eigenvalue weighted by atomic mass is 10.2. The first kappa shape index (κ1) is 15.5. The molecule has 3 aromatic heterocycles. The van der Waals surface area contributed by atoms with Crippen molar-refractivity contribution in [1.29, 1.82) is 0 Å². The van der Waals surface area contributed by atoms with Gasteiger partial charge >= 0.3 is 0 Å². The Kier molecular flexibility index (Phi) is 3.70. The summed E-state index contributed by atoms with van der Waals surface area (Å²) in [6, 6.07) is 6.28. The molecule has 2 aliphatic rings. The first-order chi connectivity index (χ1) is 12.8. The highest BCUT2D eigenvalue weighted by atomic mass is 16.5. The number of fused-ring (bicyclic) bond motifs is 1. The fraction of sp³-hybridized carbons (Fsp3) is 0.444. The Hall–Kier alpha value is -2.74. The summed E-state index contributed by atoms with van der Waals surface area (Å²) in [7, 11) is 0. The molecule has 0 spiro atoms. The molecule has 1 aliphatic carbocycles. The first-order valence-corrected chi connectivity index (χ1v) is 9.07. The molecule has 1 N–H and O–H groups in total. The molecule has 1 amide bonds. The van der Waals surface area contributed by atoms with Crippen molar-refractivity contribution in [3.8, 4) is 0 Å². The second kappa shape index (κ2) is 6.21. The van der Waals surface area contributed by atoms with Gasteiger partial charge in [-0.15, -0.1) is 0 Å². The lowest BCUT2D eigenvalue weighted by Crippen LogP contribution is -2.27. The first-order valence-electron chi connectivity index (χ1n) is 9.07. The van der Waals surface area contributed by atoms with Crippen molar-refractivity contribution in [1.82, 2.24) is 29.7 Å². The molecule has 0 bridgehead atoms. The Balaban J connectivity index is 1.32.